The Kier molecular flexibility index (Phi) is 4.99. The van der Waals surface area contributed by atoms with Gasteiger partial charge >= 0.3 is 0 Å². The molecule has 1 fully saturated rings. The number of nitrogens with zero attached hydrogens (tertiary/aromatic N) is 1. The van der Waals surface area contributed by atoms with Crippen molar-refractivity contribution in [2.75, 3.05) is 32.2 Å². The molecule has 1 aromatic rings. The monoisotopic (exact) mass is 292 g/mol. The minimum atomic E-state index is 0.192. The summed E-state index contributed by atoms with van der Waals surface area (Å²) in [6, 6.07) is 6.52. The van der Waals surface area contributed by atoms with Crippen LogP contribution in [0.15, 0.2) is 18.2 Å². The van der Waals surface area contributed by atoms with Gasteiger partial charge in [-0.1, -0.05) is 13.8 Å². The van der Waals surface area contributed by atoms with Crippen LogP contribution in [0.1, 0.15) is 33.6 Å². The maximum atomic E-state index is 5.58. The van der Waals surface area contributed by atoms with Gasteiger partial charge in [-0.05, 0) is 31.9 Å². The van der Waals surface area contributed by atoms with Crippen molar-refractivity contribution in [3.05, 3.63) is 18.2 Å². The third kappa shape index (κ3) is 3.10. The van der Waals surface area contributed by atoms with E-state index in [-0.39, 0.29) is 5.54 Å². The summed E-state index contributed by atoms with van der Waals surface area (Å²) in [6.45, 7) is 8.78. The molecule has 0 spiro atoms. The van der Waals surface area contributed by atoms with E-state index in [1.807, 2.05) is 12.1 Å². The number of anilines is 1. The molecular weight excluding hydrogens is 264 g/mol. The molecule has 1 aliphatic heterocycles. The molecule has 0 saturated carbocycles. The van der Waals surface area contributed by atoms with Gasteiger partial charge in [0.1, 0.15) is 11.5 Å². The van der Waals surface area contributed by atoms with Gasteiger partial charge in [-0.3, -0.25) is 0 Å². The van der Waals surface area contributed by atoms with Crippen molar-refractivity contribution in [3.8, 4) is 11.5 Å². The Labute approximate surface area is 128 Å². The van der Waals surface area contributed by atoms with Crippen molar-refractivity contribution >= 4 is 5.69 Å². The largest absolute Gasteiger partial charge is 0.497 e. The summed E-state index contributed by atoms with van der Waals surface area (Å²) < 4.78 is 10.9. The summed E-state index contributed by atoms with van der Waals surface area (Å²) in [7, 11) is 3.40. The fourth-order valence-corrected chi connectivity index (χ4v) is 3.08. The van der Waals surface area contributed by atoms with Crippen LogP contribution in [0.2, 0.25) is 0 Å². The zero-order valence-electron chi connectivity index (χ0n) is 13.9. The number of hydrogen-bond donors (Lipinski definition) is 1. The number of rotatable bonds is 5. The first-order valence-corrected chi connectivity index (χ1v) is 7.82. The molecule has 1 atom stereocenters. The molecule has 1 unspecified atom stereocenters. The Balaban J connectivity index is 2.34. The average Bonchev–Trinajstić information content (AvgIpc) is 2.55. The predicted molar refractivity (Wildman–Crippen MR) is 87.7 cm³/mol. The van der Waals surface area contributed by atoms with Crippen LogP contribution in [0.25, 0.3) is 0 Å². The lowest BCUT2D eigenvalue weighted by atomic mass is 9.88. The van der Waals surface area contributed by atoms with Gasteiger partial charge in [0, 0.05) is 30.7 Å². The highest BCUT2D eigenvalue weighted by Crippen LogP contribution is 2.36. The molecule has 4 nitrogen and oxygen atoms in total. The van der Waals surface area contributed by atoms with Gasteiger partial charge in [-0.15, -0.1) is 0 Å². The number of ether oxygens (including phenoxy) is 2. The molecule has 0 amide bonds. The maximum absolute atomic E-state index is 5.58. The SMILES string of the molecule is CCC1(CC)CN(c2ccc(OC)cc2OC)C(C)CN1. The Morgan fingerprint density at radius 1 is 1.24 bits per heavy atom. The minimum Gasteiger partial charge on any atom is -0.497 e. The molecule has 2 rings (SSSR count). The smallest absolute Gasteiger partial charge is 0.145 e. The van der Waals surface area contributed by atoms with Crippen LogP contribution in [0.4, 0.5) is 5.69 Å². The number of piperazine rings is 1. The van der Waals surface area contributed by atoms with Crippen LogP contribution >= 0.6 is 0 Å². The van der Waals surface area contributed by atoms with Gasteiger partial charge in [-0.25, -0.2) is 0 Å². The number of nitrogens with one attached hydrogen (secondary N) is 1. The Hall–Kier alpha value is -1.42. The Morgan fingerprint density at radius 3 is 2.52 bits per heavy atom. The van der Waals surface area contributed by atoms with Crippen molar-refractivity contribution in [1.82, 2.24) is 5.32 Å². The van der Waals surface area contributed by atoms with Crippen molar-refractivity contribution in [2.45, 2.75) is 45.2 Å². The fraction of sp³-hybridized carbons (Fsp3) is 0.647. The zero-order valence-corrected chi connectivity index (χ0v) is 13.9. The summed E-state index contributed by atoms with van der Waals surface area (Å²) >= 11 is 0. The van der Waals surface area contributed by atoms with E-state index in [4.69, 9.17) is 9.47 Å². The minimum absolute atomic E-state index is 0.192. The Bertz CT molecular complexity index is 472. The van der Waals surface area contributed by atoms with Crippen LogP contribution in [0, 0.1) is 0 Å². The number of benzene rings is 1. The number of hydrogen-bond acceptors (Lipinski definition) is 4. The third-order valence-electron chi connectivity index (χ3n) is 4.83. The van der Waals surface area contributed by atoms with E-state index in [2.05, 4.69) is 37.1 Å². The number of methoxy groups -OCH3 is 2. The van der Waals surface area contributed by atoms with E-state index in [9.17, 15) is 0 Å². The molecule has 0 aliphatic carbocycles. The van der Waals surface area contributed by atoms with Gasteiger partial charge in [0.15, 0.2) is 0 Å². The molecule has 0 radical (unpaired) electrons. The lowest BCUT2D eigenvalue weighted by Crippen LogP contribution is -2.63. The molecular formula is C17H28N2O2. The van der Waals surface area contributed by atoms with Crippen LogP contribution < -0.4 is 19.7 Å². The lowest BCUT2D eigenvalue weighted by molar-refractivity contribution is 0.252. The first-order chi connectivity index (χ1) is 10.1. The Morgan fingerprint density at radius 2 is 1.95 bits per heavy atom. The van der Waals surface area contributed by atoms with Crippen molar-refractivity contribution in [2.24, 2.45) is 0 Å². The normalized spacial score (nSPS) is 21.2. The summed E-state index contributed by atoms with van der Waals surface area (Å²) in [5.74, 6) is 1.71. The quantitative estimate of drug-likeness (QED) is 0.904. The summed E-state index contributed by atoms with van der Waals surface area (Å²) in [5, 5.41) is 3.73. The average molecular weight is 292 g/mol. The van der Waals surface area contributed by atoms with Gasteiger partial charge in [0.2, 0.25) is 0 Å². The van der Waals surface area contributed by atoms with Crippen LogP contribution in [0.5, 0.6) is 11.5 Å². The van der Waals surface area contributed by atoms with E-state index in [1.54, 1.807) is 14.2 Å². The second-order valence-electron chi connectivity index (χ2n) is 5.88. The molecule has 4 heteroatoms. The van der Waals surface area contributed by atoms with E-state index in [0.29, 0.717) is 6.04 Å². The zero-order chi connectivity index (χ0) is 15.5. The molecule has 1 aliphatic rings. The summed E-state index contributed by atoms with van der Waals surface area (Å²) in [5.41, 5.74) is 1.34. The molecule has 1 saturated heterocycles. The van der Waals surface area contributed by atoms with E-state index in [0.717, 1.165) is 43.1 Å². The summed E-state index contributed by atoms with van der Waals surface area (Å²) in [6.07, 6.45) is 2.26. The van der Waals surface area contributed by atoms with Gasteiger partial charge in [0.25, 0.3) is 0 Å². The van der Waals surface area contributed by atoms with Crippen molar-refractivity contribution < 1.29 is 9.47 Å². The molecule has 21 heavy (non-hydrogen) atoms. The highest BCUT2D eigenvalue weighted by atomic mass is 16.5. The van der Waals surface area contributed by atoms with E-state index >= 15 is 0 Å². The lowest BCUT2D eigenvalue weighted by Gasteiger charge is -2.48. The molecule has 1 aromatic carbocycles. The standard InChI is InChI=1S/C17H28N2O2/c1-6-17(7-2)12-19(13(3)11-18-17)15-9-8-14(20-4)10-16(15)21-5/h8-10,13,18H,6-7,11-12H2,1-5H3. The fourth-order valence-electron chi connectivity index (χ4n) is 3.08. The maximum Gasteiger partial charge on any atom is 0.145 e. The van der Waals surface area contributed by atoms with Crippen molar-refractivity contribution in [3.63, 3.8) is 0 Å². The molecule has 118 valence electrons. The van der Waals surface area contributed by atoms with Gasteiger partial charge in [-0.2, -0.15) is 0 Å². The first-order valence-electron chi connectivity index (χ1n) is 7.82. The van der Waals surface area contributed by atoms with Crippen molar-refractivity contribution in [1.29, 1.82) is 0 Å². The van der Waals surface area contributed by atoms with E-state index in [1.165, 1.54) is 0 Å². The second-order valence-corrected chi connectivity index (χ2v) is 5.88. The second kappa shape index (κ2) is 6.56. The topological polar surface area (TPSA) is 33.7 Å². The first kappa shape index (κ1) is 16.0. The molecule has 1 heterocycles. The summed E-state index contributed by atoms with van der Waals surface area (Å²) in [4.78, 5) is 2.46. The highest BCUT2D eigenvalue weighted by molar-refractivity contribution is 5.62. The van der Waals surface area contributed by atoms with Gasteiger partial charge < -0.3 is 19.7 Å². The van der Waals surface area contributed by atoms with E-state index < -0.39 is 0 Å². The molecule has 0 bridgehead atoms. The van der Waals surface area contributed by atoms with Crippen LogP contribution in [0.3, 0.4) is 0 Å². The molecule has 1 N–H and O–H groups in total. The van der Waals surface area contributed by atoms with Gasteiger partial charge in [0.05, 0.1) is 19.9 Å². The molecule has 0 aromatic heterocycles. The highest BCUT2D eigenvalue weighted by Gasteiger charge is 2.36. The predicted octanol–water partition coefficient (Wildman–Crippen LogP) is 3.06. The van der Waals surface area contributed by atoms with Crippen LogP contribution in [-0.2, 0) is 0 Å². The van der Waals surface area contributed by atoms with Crippen LogP contribution in [-0.4, -0.2) is 38.9 Å². The third-order valence-corrected chi connectivity index (χ3v) is 4.83.